The van der Waals surface area contributed by atoms with Crippen LogP contribution in [0, 0.1) is 17.2 Å². The molecule has 0 atom stereocenters. The number of para-hydroxylation sites is 1. The van der Waals surface area contributed by atoms with Crippen LogP contribution in [0.5, 0.6) is 0 Å². The molecule has 2 N–H and O–H groups in total. The number of hydrogen-bond donors (Lipinski definition) is 2. The molecule has 6 heterocycles. The molecule has 0 unspecified atom stereocenters. The van der Waals surface area contributed by atoms with Crippen molar-refractivity contribution in [1.29, 1.82) is 5.26 Å². The number of benzene rings is 3. The van der Waals surface area contributed by atoms with Crippen LogP contribution < -0.4 is 20.0 Å². The number of fused-ring (bicyclic) bond motifs is 2. The fourth-order valence-corrected chi connectivity index (χ4v) is 9.54. The monoisotopic (exact) mass is 708 g/mol. The second kappa shape index (κ2) is 14.3. The number of nitrogens with zero attached hydrogens (tertiary/aromatic N) is 6. The molecule has 4 saturated heterocycles. The first kappa shape index (κ1) is 33.6. The van der Waals surface area contributed by atoms with Gasteiger partial charge in [-0.25, -0.2) is 4.79 Å². The zero-order chi connectivity index (χ0) is 35.9. The molecular weight excluding hydrogens is 661 g/mol. The van der Waals surface area contributed by atoms with Crippen molar-refractivity contribution in [3.05, 3.63) is 90.3 Å². The zero-order valence-corrected chi connectivity index (χ0v) is 30.3. The summed E-state index contributed by atoms with van der Waals surface area (Å²) in [7, 11) is 0. The predicted octanol–water partition coefficient (Wildman–Crippen LogP) is 7.38. The van der Waals surface area contributed by atoms with Gasteiger partial charge < -0.3 is 24.3 Å². The van der Waals surface area contributed by atoms with Crippen molar-refractivity contribution in [2.24, 2.45) is 5.92 Å². The molecule has 0 bridgehead atoms. The van der Waals surface area contributed by atoms with Crippen LogP contribution in [-0.2, 0) is 4.79 Å². The summed E-state index contributed by atoms with van der Waals surface area (Å²) in [5.74, 6) is 1.12. The van der Waals surface area contributed by atoms with E-state index in [0.29, 0.717) is 30.5 Å². The highest BCUT2D eigenvalue weighted by Gasteiger charge is 2.29. The summed E-state index contributed by atoms with van der Waals surface area (Å²) in [5, 5.41) is 14.0. The van der Waals surface area contributed by atoms with E-state index in [0.717, 1.165) is 98.4 Å². The second-order valence-electron chi connectivity index (χ2n) is 15.5. The standard InChI is InChI=1S/C43H48N8O2/c44-27-33-28-45-42-36(33)3-1-6-40(42)49-23-13-32(14-24-49)31-7-9-34(10-8-31)48-21-11-30(12-22-48)29-47-19-15-35(16-20-47)50-25-17-37-38(50)4-2-5-39(37)51-26-18-41(52)46-43(51)53/h1-10,17,25,28,30,32,35,45H,11-16,18-24,26,29H2,(H,46,52,53). The topological polar surface area (TPSA) is 104 Å². The number of carbonyl (C=O) groups excluding carboxylic acids is 2. The Balaban J connectivity index is 0.742. The number of nitriles is 1. The minimum absolute atomic E-state index is 0.206. The van der Waals surface area contributed by atoms with Crippen LogP contribution in [0.4, 0.5) is 21.9 Å². The van der Waals surface area contributed by atoms with Crippen molar-refractivity contribution in [3.8, 4) is 6.07 Å². The molecule has 4 fully saturated rings. The van der Waals surface area contributed by atoms with Gasteiger partial charge >= 0.3 is 6.03 Å². The number of anilines is 3. The molecule has 5 aromatic rings. The fraction of sp³-hybridized carbons (Fsp3) is 0.419. The maximum atomic E-state index is 12.6. The number of H-pyrrole nitrogens is 1. The highest BCUT2D eigenvalue weighted by Crippen LogP contribution is 2.37. The minimum Gasteiger partial charge on any atom is -0.372 e. The van der Waals surface area contributed by atoms with Gasteiger partial charge in [0.05, 0.1) is 28.0 Å². The number of rotatable bonds is 7. The van der Waals surface area contributed by atoms with Gasteiger partial charge in [-0.2, -0.15) is 5.26 Å². The summed E-state index contributed by atoms with van der Waals surface area (Å²) in [6.07, 6.45) is 11.3. The lowest BCUT2D eigenvalue weighted by molar-refractivity contribution is -0.120. The molecule has 4 aliphatic rings. The van der Waals surface area contributed by atoms with E-state index in [-0.39, 0.29) is 11.9 Å². The van der Waals surface area contributed by atoms with Crippen molar-refractivity contribution in [1.82, 2.24) is 19.8 Å². The largest absolute Gasteiger partial charge is 0.372 e. The molecule has 0 radical (unpaired) electrons. The molecule has 0 spiro atoms. The molecular formula is C43H48N8O2. The summed E-state index contributed by atoms with van der Waals surface area (Å²) in [5.41, 5.74) is 7.84. The van der Waals surface area contributed by atoms with Gasteiger partial charge in [-0.15, -0.1) is 0 Å². The predicted molar refractivity (Wildman–Crippen MR) is 211 cm³/mol. The minimum atomic E-state index is -0.331. The number of hydrogen-bond acceptors (Lipinski definition) is 6. The highest BCUT2D eigenvalue weighted by atomic mass is 16.2. The maximum absolute atomic E-state index is 12.6. The SMILES string of the molecule is N#Cc1c[nH]c2c(N3CCC(c4ccc(N5CCC(CN6CCC(n7ccc8c(N9CCC(=O)NC9=O)cccc87)CC6)CC5)cc4)CC3)cccc12. The van der Waals surface area contributed by atoms with Crippen LogP contribution >= 0.6 is 0 Å². The molecule has 10 heteroatoms. The van der Waals surface area contributed by atoms with Crippen molar-refractivity contribution >= 4 is 50.8 Å². The summed E-state index contributed by atoms with van der Waals surface area (Å²) in [6, 6.07) is 26.4. The maximum Gasteiger partial charge on any atom is 0.328 e. The Kier molecular flexibility index (Phi) is 9.04. The normalized spacial score (nSPS) is 20.0. The van der Waals surface area contributed by atoms with Gasteiger partial charge in [0.2, 0.25) is 5.91 Å². The van der Waals surface area contributed by atoms with Gasteiger partial charge in [-0.1, -0.05) is 30.3 Å². The number of amides is 3. The Labute approximate surface area is 310 Å². The van der Waals surface area contributed by atoms with Gasteiger partial charge in [0.25, 0.3) is 0 Å². The molecule has 3 amide bonds. The fourth-order valence-electron chi connectivity index (χ4n) is 9.54. The van der Waals surface area contributed by atoms with Crippen LogP contribution in [0.3, 0.4) is 0 Å². The van der Waals surface area contributed by atoms with Crippen LogP contribution in [0.2, 0.25) is 0 Å². The van der Waals surface area contributed by atoms with E-state index < -0.39 is 0 Å². The molecule has 4 aliphatic heterocycles. The number of piperidine rings is 3. The summed E-state index contributed by atoms with van der Waals surface area (Å²) in [6.45, 7) is 8.12. The lowest BCUT2D eigenvalue weighted by Crippen LogP contribution is -2.49. The quantitative estimate of drug-likeness (QED) is 0.183. The Bertz CT molecular complexity index is 2160. The van der Waals surface area contributed by atoms with Crippen molar-refractivity contribution in [2.75, 3.05) is 67.1 Å². The summed E-state index contributed by atoms with van der Waals surface area (Å²) in [4.78, 5) is 37.0. The average molecular weight is 709 g/mol. The first-order chi connectivity index (χ1) is 26.0. The first-order valence-corrected chi connectivity index (χ1v) is 19.6. The Morgan fingerprint density at radius 2 is 1.47 bits per heavy atom. The summed E-state index contributed by atoms with van der Waals surface area (Å²) < 4.78 is 2.41. The number of nitrogens with one attached hydrogen (secondary N) is 2. The van der Waals surface area contributed by atoms with Gasteiger partial charge in [-0.05, 0) is 92.3 Å². The van der Waals surface area contributed by atoms with E-state index in [2.05, 4.69) is 90.4 Å². The number of urea groups is 1. The number of likely N-dealkylation sites (tertiary alicyclic amines) is 1. The third kappa shape index (κ3) is 6.52. The number of carbonyl (C=O) groups is 2. The smallest absolute Gasteiger partial charge is 0.328 e. The Hall–Kier alpha value is -5.27. The van der Waals surface area contributed by atoms with Crippen molar-refractivity contribution in [2.45, 2.75) is 56.9 Å². The molecule has 10 nitrogen and oxygen atoms in total. The van der Waals surface area contributed by atoms with E-state index in [1.165, 1.54) is 36.3 Å². The van der Waals surface area contributed by atoms with E-state index >= 15 is 0 Å². The van der Waals surface area contributed by atoms with Gasteiger partial charge in [0.1, 0.15) is 6.07 Å². The van der Waals surface area contributed by atoms with Crippen molar-refractivity contribution in [3.63, 3.8) is 0 Å². The van der Waals surface area contributed by atoms with Crippen LogP contribution in [0.15, 0.2) is 79.1 Å². The van der Waals surface area contributed by atoms with Gasteiger partial charge in [-0.3, -0.25) is 15.0 Å². The Morgan fingerprint density at radius 1 is 0.736 bits per heavy atom. The molecule has 9 rings (SSSR count). The number of aromatic amines is 1. The average Bonchev–Trinajstić information content (AvgIpc) is 3.84. The van der Waals surface area contributed by atoms with Crippen molar-refractivity contribution < 1.29 is 9.59 Å². The van der Waals surface area contributed by atoms with E-state index in [1.807, 2.05) is 24.4 Å². The number of aromatic nitrogens is 2. The first-order valence-electron chi connectivity index (χ1n) is 19.6. The number of imide groups is 1. The lowest BCUT2D eigenvalue weighted by Gasteiger charge is -2.39. The molecule has 53 heavy (non-hydrogen) atoms. The lowest BCUT2D eigenvalue weighted by atomic mass is 9.88. The van der Waals surface area contributed by atoms with Crippen LogP contribution in [0.25, 0.3) is 21.8 Å². The van der Waals surface area contributed by atoms with E-state index in [4.69, 9.17) is 0 Å². The van der Waals surface area contributed by atoms with Crippen LogP contribution in [0.1, 0.15) is 68.0 Å². The molecule has 0 aliphatic carbocycles. The molecule has 2 aromatic heterocycles. The van der Waals surface area contributed by atoms with Crippen LogP contribution in [-0.4, -0.2) is 78.7 Å². The third-order valence-corrected chi connectivity index (χ3v) is 12.5. The van der Waals surface area contributed by atoms with E-state index in [9.17, 15) is 14.9 Å². The third-order valence-electron chi connectivity index (χ3n) is 12.5. The Morgan fingerprint density at radius 3 is 2.23 bits per heavy atom. The van der Waals surface area contributed by atoms with Gasteiger partial charge in [0, 0.05) is 93.7 Å². The summed E-state index contributed by atoms with van der Waals surface area (Å²) >= 11 is 0. The highest BCUT2D eigenvalue weighted by molar-refractivity contribution is 6.09. The van der Waals surface area contributed by atoms with Gasteiger partial charge in [0.15, 0.2) is 0 Å². The molecule has 3 aromatic carbocycles. The molecule has 0 saturated carbocycles. The zero-order valence-electron chi connectivity index (χ0n) is 30.3. The van der Waals surface area contributed by atoms with E-state index in [1.54, 1.807) is 4.90 Å². The second-order valence-corrected chi connectivity index (χ2v) is 15.5. The molecule has 272 valence electrons.